The molecule has 0 saturated carbocycles. The number of nitrogens with zero attached hydrogens (tertiary/aromatic N) is 1. The third-order valence-electron chi connectivity index (χ3n) is 6.56. The molecular weight excluding hydrogens is 479 g/mol. The number of piperidine rings is 1. The van der Waals surface area contributed by atoms with Crippen LogP contribution in [0.2, 0.25) is 0 Å². The molecule has 2 aromatic carbocycles. The number of aryl methyl sites for hydroxylation is 1. The summed E-state index contributed by atoms with van der Waals surface area (Å²) in [4.78, 5) is 34.6. The monoisotopic (exact) mass is 507 g/mol. The second-order valence-corrected chi connectivity index (χ2v) is 8.98. The number of likely N-dealkylation sites (tertiary alicyclic amines) is 1. The molecule has 4 rings (SSSR count). The number of benzene rings is 2. The molecule has 0 aliphatic carbocycles. The molecule has 0 unspecified atom stereocenters. The second-order valence-electron chi connectivity index (χ2n) is 8.98. The van der Waals surface area contributed by atoms with Gasteiger partial charge in [0.25, 0.3) is 0 Å². The van der Waals surface area contributed by atoms with Crippen molar-refractivity contribution in [2.75, 3.05) is 26.2 Å². The molecule has 0 bridgehead atoms. The number of carboxylic acids is 2. The molecule has 2 aromatic rings. The Morgan fingerprint density at radius 1 is 0.972 bits per heavy atom. The van der Waals surface area contributed by atoms with Gasteiger partial charge in [0.15, 0.2) is 5.78 Å². The summed E-state index contributed by atoms with van der Waals surface area (Å²) in [6.07, 6.45) is -1.74. The van der Waals surface area contributed by atoms with Crippen LogP contribution in [0.15, 0.2) is 48.5 Å². The van der Waals surface area contributed by atoms with E-state index >= 15 is 0 Å². The molecule has 36 heavy (non-hydrogen) atoms. The summed E-state index contributed by atoms with van der Waals surface area (Å²) in [6.45, 7) is 3.02. The average molecular weight is 508 g/mol. The van der Waals surface area contributed by atoms with Crippen molar-refractivity contribution >= 4 is 17.7 Å². The maximum Gasteiger partial charge on any atom is 0.490 e. The van der Waals surface area contributed by atoms with Gasteiger partial charge in [-0.25, -0.2) is 4.79 Å². The van der Waals surface area contributed by atoms with Crippen LogP contribution in [-0.2, 0) is 21.4 Å². The number of ketones is 1. The number of Topliss-reactive ketones (excluding diaryl/α,β-unsaturated/α-hetero) is 1. The van der Waals surface area contributed by atoms with Crippen LogP contribution in [0, 0.1) is 0 Å². The highest BCUT2D eigenvalue weighted by Gasteiger charge is 2.43. The van der Waals surface area contributed by atoms with Crippen LogP contribution in [0.5, 0.6) is 5.75 Å². The summed E-state index contributed by atoms with van der Waals surface area (Å²) >= 11 is 0. The van der Waals surface area contributed by atoms with Gasteiger partial charge in [-0.3, -0.25) is 9.59 Å². The lowest BCUT2D eigenvalue weighted by Gasteiger charge is -2.38. The van der Waals surface area contributed by atoms with Crippen LogP contribution in [0.4, 0.5) is 13.2 Å². The van der Waals surface area contributed by atoms with E-state index in [0.717, 1.165) is 43.7 Å². The molecule has 194 valence electrons. The van der Waals surface area contributed by atoms with Crippen molar-refractivity contribution < 1.29 is 42.5 Å². The number of hydrogen-bond acceptors (Lipinski definition) is 5. The Morgan fingerprint density at radius 3 is 2.19 bits per heavy atom. The average Bonchev–Trinajstić information content (AvgIpc) is 3.20. The lowest BCUT2D eigenvalue weighted by atomic mass is 9.74. The van der Waals surface area contributed by atoms with Gasteiger partial charge >= 0.3 is 18.1 Å². The zero-order valence-electron chi connectivity index (χ0n) is 19.6. The molecule has 2 aliphatic heterocycles. The quantitative estimate of drug-likeness (QED) is 0.538. The van der Waals surface area contributed by atoms with Crippen LogP contribution in [0.25, 0.3) is 0 Å². The third-order valence-corrected chi connectivity index (χ3v) is 6.56. The topological polar surface area (TPSA) is 104 Å². The van der Waals surface area contributed by atoms with Gasteiger partial charge < -0.3 is 19.8 Å². The molecule has 1 fully saturated rings. The van der Waals surface area contributed by atoms with E-state index in [1.165, 1.54) is 11.1 Å². The minimum Gasteiger partial charge on any atom is -0.492 e. The fraction of sp³-hybridized carbons (Fsp3) is 0.423. The highest BCUT2D eigenvalue weighted by Crippen LogP contribution is 2.45. The van der Waals surface area contributed by atoms with Crippen molar-refractivity contribution in [1.82, 2.24) is 4.90 Å². The van der Waals surface area contributed by atoms with Crippen LogP contribution in [0.3, 0.4) is 0 Å². The van der Waals surface area contributed by atoms with Gasteiger partial charge in [0.2, 0.25) is 0 Å². The molecule has 0 amide bonds. The van der Waals surface area contributed by atoms with E-state index in [4.69, 9.17) is 19.7 Å². The van der Waals surface area contributed by atoms with Crippen molar-refractivity contribution in [3.63, 3.8) is 0 Å². The standard InChI is InChI=1S/C24H27NO4.C2HF3O2/c26-21(9-6-18-4-2-1-3-5-18)19-7-8-20-22(16-19)29-17-24(20)11-14-25(15-12-24)13-10-23(27)28;3-2(4,5)1(6)7/h1-5,7-8,16H,6,9-15,17H2,(H,27,28);(H,6,7). The SMILES string of the molecule is O=C(O)C(F)(F)F.O=C(O)CCN1CCC2(CC1)COc1cc(C(=O)CCc3ccccc3)ccc12. The van der Waals surface area contributed by atoms with Crippen molar-refractivity contribution in [2.45, 2.75) is 43.7 Å². The van der Waals surface area contributed by atoms with Gasteiger partial charge in [-0.2, -0.15) is 13.2 Å². The molecular formula is C26H28F3NO6. The van der Waals surface area contributed by atoms with E-state index in [1.807, 2.05) is 42.5 Å². The summed E-state index contributed by atoms with van der Waals surface area (Å²) in [5, 5.41) is 16.0. The second kappa shape index (κ2) is 11.6. The fourth-order valence-corrected chi connectivity index (χ4v) is 4.47. The van der Waals surface area contributed by atoms with E-state index in [-0.39, 0.29) is 17.6 Å². The molecule has 10 heteroatoms. The first-order valence-electron chi connectivity index (χ1n) is 11.6. The Hall–Kier alpha value is -3.40. The zero-order chi connectivity index (χ0) is 26.3. The highest BCUT2D eigenvalue weighted by atomic mass is 19.4. The Morgan fingerprint density at radius 2 is 1.61 bits per heavy atom. The first-order valence-corrected chi connectivity index (χ1v) is 11.6. The largest absolute Gasteiger partial charge is 0.492 e. The van der Waals surface area contributed by atoms with Crippen molar-refractivity contribution in [3.05, 3.63) is 65.2 Å². The van der Waals surface area contributed by atoms with Gasteiger partial charge in [-0.15, -0.1) is 0 Å². The fourth-order valence-electron chi connectivity index (χ4n) is 4.47. The maximum absolute atomic E-state index is 12.6. The van der Waals surface area contributed by atoms with E-state index in [2.05, 4.69) is 11.0 Å². The molecule has 0 radical (unpaired) electrons. The smallest absolute Gasteiger partial charge is 0.490 e. The van der Waals surface area contributed by atoms with Crippen LogP contribution >= 0.6 is 0 Å². The molecule has 2 N–H and O–H groups in total. The van der Waals surface area contributed by atoms with Crippen molar-refractivity contribution in [1.29, 1.82) is 0 Å². The number of carbonyl (C=O) groups excluding carboxylic acids is 1. The summed E-state index contributed by atoms with van der Waals surface area (Å²) in [6, 6.07) is 16.0. The first-order chi connectivity index (χ1) is 17.0. The summed E-state index contributed by atoms with van der Waals surface area (Å²) < 4.78 is 37.8. The predicted octanol–water partition coefficient (Wildman–Crippen LogP) is 4.34. The molecule has 7 nitrogen and oxygen atoms in total. The van der Waals surface area contributed by atoms with Crippen LogP contribution in [-0.4, -0.2) is 65.3 Å². The molecule has 2 heterocycles. The Labute approximate surface area is 206 Å². The predicted molar refractivity (Wildman–Crippen MR) is 124 cm³/mol. The van der Waals surface area contributed by atoms with Crippen molar-refractivity contribution in [2.24, 2.45) is 0 Å². The van der Waals surface area contributed by atoms with Gasteiger partial charge in [-0.1, -0.05) is 42.5 Å². The number of carboxylic acid groups (broad SMARTS) is 2. The lowest BCUT2D eigenvalue weighted by Crippen LogP contribution is -2.44. The van der Waals surface area contributed by atoms with Crippen molar-refractivity contribution in [3.8, 4) is 5.75 Å². The third kappa shape index (κ3) is 7.07. The summed E-state index contributed by atoms with van der Waals surface area (Å²) in [7, 11) is 0. The number of ether oxygens (including phenoxy) is 1. The Balaban J connectivity index is 0.000000454. The van der Waals surface area contributed by atoms with Crippen LogP contribution < -0.4 is 4.74 Å². The highest BCUT2D eigenvalue weighted by molar-refractivity contribution is 5.96. The molecule has 1 spiro atoms. The van der Waals surface area contributed by atoms with E-state index < -0.39 is 18.1 Å². The number of aliphatic carboxylic acids is 2. The number of rotatable bonds is 7. The number of halogens is 3. The number of hydrogen-bond donors (Lipinski definition) is 2. The minimum atomic E-state index is -5.08. The number of carbonyl (C=O) groups is 3. The zero-order valence-corrected chi connectivity index (χ0v) is 19.6. The van der Waals surface area contributed by atoms with E-state index in [1.54, 1.807) is 0 Å². The van der Waals surface area contributed by atoms with Gasteiger partial charge in [0, 0.05) is 29.5 Å². The van der Waals surface area contributed by atoms with Crippen LogP contribution in [0.1, 0.15) is 47.2 Å². The minimum absolute atomic E-state index is 0.000668. The first kappa shape index (κ1) is 27.2. The van der Waals surface area contributed by atoms with Gasteiger partial charge in [0.05, 0.1) is 13.0 Å². The number of alkyl halides is 3. The van der Waals surface area contributed by atoms with Gasteiger partial charge in [0.1, 0.15) is 5.75 Å². The molecule has 1 saturated heterocycles. The van der Waals surface area contributed by atoms with E-state index in [9.17, 15) is 22.8 Å². The Kier molecular flexibility index (Phi) is 8.73. The normalized spacial score (nSPS) is 16.4. The number of fused-ring (bicyclic) bond motifs is 2. The van der Waals surface area contributed by atoms with Gasteiger partial charge in [-0.05, 0) is 44.0 Å². The summed E-state index contributed by atoms with van der Waals surface area (Å²) in [5.41, 5.74) is 3.10. The molecule has 2 aliphatic rings. The molecule has 0 atom stereocenters. The molecule has 0 aromatic heterocycles. The Bertz CT molecular complexity index is 1080. The maximum atomic E-state index is 12.6. The lowest BCUT2D eigenvalue weighted by molar-refractivity contribution is -0.192. The van der Waals surface area contributed by atoms with E-state index in [0.29, 0.717) is 19.6 Å². The summed E-state index contributed by atoms with van der Waals surface area (Å²) in [5.74, 6) is -2.52.